The zero-order valence-corrected chi connectivity index (χ0v) is 18.0. The maximum atomic E-state index is 12.7. The fourth-order valence-corrected chi connectivity index (χ4v) is 5.29. The van der Waals surface area contributed by atoms with Crippen LogP contribution in [0.5, 0.6) is 0 Å². The topological polar surface area (TPSA) is 94.9 Å². The van der Waals surface area contributed by atoms with E-state index in [1.54, 1.807) is 17.9 Å². The van der Waals surface area contributed by atoms with E-state index in [0.29, 0.717) is 34.8 Å². The fourth-order valence-electron chi connectivity index (χ4n) is 5.29. The summed E-state index contributed by atoms with van der Waals surface area (Å²) in [5.74, 6) is 2.58. The molecule has 4 heterocycles. The summed E-state index contributed by atoms with van der Waals surface area (Å²) < 4.78 is 8.65. The molecule has 9 nitrogen and oxygen atoms in total. The molecule has 7 rings (SSSR count). The molecule has 1 unspecified atom stereocenters. The molecule has 1 aliphatic heterocycles. The molecule has 1 aliphatic carbocycles. The van der Waals surface area contributed by atoms with Gasteiger partial charge in [0.1, 0.15) is 12.9 Å². The maximum Gasteiger partial charge on any atom is 0.280 e. The Bertz CT molecular complexity index is 1570. The molecule has 33 heavy (non-hydrogen) atoms. The Labute approximate surface area is 188 Å². The highest BCUT2D eigenvalue weighted by molar-refractivity contribution is 5.86. The summed E-state index contributed by atoms with van der Waals surface area (Å²) in [6, 6.07) is 15.1. The Morgan fingerprint density at radius 3 is 2.67 bits per heavy atom. The van der Waals surface area contributed by atoms with Gasteiger partial charge in [0, 0.05) is 31.7 Å². The second-order valence-electron chi connectivity index (χ2n) is 9.04. The minimum atomic E-state index is -0.172. The number of piperidine rings is 1. The van der Waals surface area contributed by atoms with E-state index < -0.39 is 0 Å². The van der Waals surface area contributed by atoms with Crippen LogP contribution in [0.25, 0.3) is 21.9 Å². The average molecular weight is 439 g/mol. The van der Waals surface area contributed by atoms with Gasteiger partial charge in [-0.1, -0.05) is 35.5 Å². The number of aryl methyl sites for hydroxylation is 1. The standard InChI is InChI=1S/C24H21N7O2/c1-29-12-25-23-21(29)24(32)31(13-26-23)11-19-27-22(28-33-19)20-17-9-30(10-18(17)20)16-7-6-14-4-2-3-5-15(14)8-16/h2-8,12-13,17-18,20H,9-11H2,1H3/t17-,18+,20?. The third kappa shape index (κ3) is 2.88. The van der Waals surface area contributed by atoms with Crippen LogP contribution in [-0.2, 0) is 13.6 Å². The quantitative estimate of drug-likeness (QED) is 0.425. The first-order valence-electron chi connectivity index (χ1n) is 11.1. The smallest absolute Gasteiger partial charge is 0.280 e. The van der Waals surface area contributed by atoms with E-state index in [4.69, 9.17) is 4.52 Å². The number of hydrogen-bond acceptors (Lipinski definition) is 7. The van der Waals surface area contributed by atoms with Crippen molar-refractivity contribution in [3.63, 3.8) is 0 Å². The lowest BCUT2D eigenvalue weighted by Crippen LogP contribution is -2.23. The van der Waals surface area contributed by atoms with Gasteiger partial charge in [-0.25, -0.2) is 9.97 Å². The Morgan fingerprint density at radius 1 is 1.03 bits per heavy atom. The van der Waals surface area contributed by atoms with Crippen molar-refractivity contribution >= 4 is 27.6 Å². The molecule has 0 bridgehead atoms. The molecule has 9 heteroatoms. The van der Waals surface area contributed by atoms with Crippen molar-refractivity contribution in [1.82, 2.24) is 29.2 Å². The minimum Gasteiger partial charge on any atom is -0.371 e. The van der Waals surface area contributed by atoms with E-state index in [-0.39, 0.29) is 12.1 Å². The zero-order chi connectivity index (χ0) is 22.1. The molecular formula is C24H21N7O2. The molecule has 0 amide bonds. The van der Waals surface area contributed by atoms with Crippen LogP contribution in [0.15, 0.2) is 64.4 Å². The number of fused-ring (bicyclic) bond motifs is 3. The molecule has 0 spiro atoms. The van der Waals surface area contributed by atoms with Gasteiger partial charge in [0.25, 0.3) is 5.56 Å². The number of rotatable bonds is 4. The predicted molar refractivity (Wildman–Crippen MR) is 122 cm³/mol. The molecule has 2 aliphatic rings. The Balaban J connectivity index is 1.06. The summed E-state index contributed by atoms with van der Waals surface area (Å²) >= 11 is 0. The van der Waals surface area contributed by atoms with E-state index in [2.05, 4.69) is 67.5 Å². The molecule has 164 valence electrons. The molecule has 3 atom stereocenters. The van der Waals surface area contributed by atoms with E-state index in [1.807, 2.05) is 0 Å². The van der Waals surface area contributed by atoms with Crippen LogP contribution in [0.1, 0.15) is 17.6 Å². The summed E-state index contributed by atoms with van der Waals surface area (Å²) in [5.41, 5.74) is 1.99. The lowest BCUT2D eigenvalue weighted by Gasteiger charge is -2.22. The number of anilines is 1. The van der Waals surface area contributed by atoms with Crippen molar-refractivity contribution in [2.75, 3.05) is 18.0 Å². The van der Waals surface area contributed by atoms with Gasteiger partial charge in [-0.15, -0.1) is 0 Å². The number of nitrogens with zero attached hydrogens (tertiary/aromatic N) is 7. The van der Waals surface area contributed by atoms with Crippen LogP contribution in [-0.4, -0.2) is 42.3 Å². The van der Waals surface area contributed by atoms with Crippen molar-refractivity contribution in [3.05, 3.63) is 77.2 Å². The van der Waals surface area contributed by atoms with Crippen LogP contribution in [0.3, 0.4) is 0 Å². The fraction of sp³-hybridized carbons (Fsp3) is 0.292. The maximum absolute atomic E-state index is 12.7. The first kappa shape index (κ1) is 18.6. The monoisotopic (exact) mass is 439 g/mol. The van der Waals surface area contributed by atoms with Gasteiger partial charge in [-0.3, -0.25) is 9.36 Å². The number of imidazole rings is 1. The summed E-state index contributed by atoms with van der Waals surface area (Å²) in [7, 11) is 1.78. The summed E-state index contributed by atoms with van der Waals surface area (Å²) in [5, 5.41) is 6.77. The number of hydrogen-bond donors (Lipinski definition) is 0. The van der Waals surface area contributed by atoms with E-state index >= 15 is 0 Å². The summed E-state index contributed by atoms with van der Waals surface area (Å²) in [6.45, 7) is 2.20. The molecule has 0 N–H and O–H groups in total. The number of aromatic nitrogens is 6. The third-order valence-corrected chi connectivity index (χ3v) is 7.08. The lowest BCUT2D eigenvalue weighted by atomic mass is 10.1. The van der Waals surface area contributed by atoms with Crippen LogP contribution in [0.2, 0.25) is 0 Å². The van der Waals surface area contributed by atoms with Gasteiger partial charge in [-0.2, -0.15) is 4.98 Å². The second kappa shape index (κ2) is 6.74. The highest BCUT2D eigenvalue weighted by Gasteiger charge is 2.58. The Morgan fingerprint density at radius 2 is 1.82 bits per heavy atom. The Kier molecular flexibility index (Phi) is 3.79. The second-order valence-corrected chi connectivity index (χ2v) is 9.04. The van der Waals surface area contributed by atoms with Gasteiger partial charge >= 0.3 is 0 Å². The van der Waals surface area contributed by atoms with E-state index in [9.17, 15) is 4.79 Å². The van der Waals surface area contributed by atoms with Gasteiger partial charge in [0.2, 0.25) is 5.89 Å². The molecule has 2 fully saturated rings. The molecule has 3 aromatic heterocycles. The average Bonchev–Trinajstić information content (AvgIpc) is 3.24. The number of benzene rings is 2. The molecule has 1 saturated carbocycles. The largest absolute Gasteiger partial charge is 0.371 e. The first-order chi connectivity index (χ1) is 16.2. The minimum absolute atomic E-state index is 0.172. The van der Waals surface area contributed by atoms with Gasteiger partial charge in [0.15, 0.2) is 17.0 Å². The van der Waals surface area contributed by atoms with Crippen LogP contribution < -0.4 is 10.5 Å². The summed E-state index contributed by atoms with van der Waals surface area (Å²) in [4.78, 5) is 28.2. The van der Waals surface area contributed by atoms with Gasteiger partial charge in [0.05, 0.1) is 6.33 Å². The van der Waals surface area contributed by atoms with Crippen molar-refractivity contribution < 1.29 is 4.52 Å². The first-order valence-corrected chi connectivity index (χ1v) is 11.1. The van der Waals surface area contributed by atoms with E-state index in [1.165, 1.54) is 27.4 Å². The van der Waals surface area contributed by atoms with Crippen LogP contribution >= 0.6 is 0 Å². The molecule has 1 saturated heterocycles. The Hall–Kier alpha value is -4.01. The predicted octanol–water partition coefficient (Wildman–Crippen LogP) is 2.56. The van der Waals surface area contributed by atoms with Crippen LogP contribution in [0.4, 0.5) is 5.69 Å². The van der Waals surface area contributed by atoms with Crippen molar-refractivity contribution in [2.45, 2.75) is 12.5 Å². The van der Waals surface area contributed by atoms with Crippen LogP contribution in [0, 0.1) is 11.8 Å². The molecular weight excluding hydrogens is 418 g/mol. The molecule has 5 aromatic rings. The molecule has 0 radical (unpaired) electrons. The molecule has 2 aromatic carbocycles. The van der Waals surface area contributed by atoms with Crippen molar-refractivity contribution in [1.29, 1.82) is 0 Å². The van der Waals surface area contributed by atoms with Gasteiger partial charge in [-0.05, 0) is 34.7 Å². The van der Waals surface area contributed by atoms with E-state index in [0.717, 1.165) is 18.9 Å². The highest BCUT2D eigenvalue weighted by Crippen LogP contribution is 2.58. The third-order valence-electron chi connectivity index (χ3n) is 7.08. The normalized spacial score (nSPS) is 21.7. The SMILES string of the molecule is Cn1cnc2ncn(Cc3nc(C4[C@H]5CN(c6ccc7ccccc7c6)C[C@@H]45)no3)c(=O)c21. The van der Waals surface area contributed by atoms with Crippen molar-refractivity contribution in [3.8, 4) is 0 Å². The lowest BCUT2D eigenvalue weighted by molar-refractivity contribution is 0.363. The summed E-state index contributed by atoms with van der Waals surface area (Å²) in [6.07, 6.45) is 3.07. The van der Waals surface area contributed by atoms with Crippen molar-refractivity contribution in [2.24, 2.45) is 18.9 Å². The zero-order valence-electron chi connectivity index (χ0n) is 18.0. The van der Waals surface area contributed by atoms with Gasteiger partial charge < -0.3 is 14.0 Å². The highest BCUT2D eigenvalue weighted by atomic mass is 16.5.